The van der Waals surface area contributed by atoms with E-state index in [4.69, 9.17) is 0 Å². The number of nitrogens with one attached hydrogen (secondary N) is 1. The molecule has 0 saturated heterocycles. The first-order chi connectivity index (χ1) is 15.0. The lowest BCUT2D eigenvalue weighted by molar-refractivity contribution is -0.116. The van der Waals surface area contributed by atoms with Gasteiger partial charge in [0.1, 0.15) is 12.4 Å². The highest BCUT2D eigenvalue weighted by molar-refractivity contribution is 5.99. The maximum atomic E-state index is 14.2. The number of para-hydroxylation sites is 1. The molecule has 4 rings (SSSR count). The SMILES string of the molecule is Cc1cccc(NC(=O)Cn2cc(/C=C(/C#N)c3ccccc3F)c3ccccc32)c1. The van der Waals surface area contributed by atoms with Crippen molar-refractivity contribution in [2.24, 2.45) is 0 Å². The van der Waals surface area contributed by atoms with Gasteiger partial charge in [-0.15, -0.1) is 0 Å². The molecule has 1 heterocycles. The second-order valence-corrected chi connectivity index (χ2v) is 7.30. The average Bonchev–Trinajstić information content (AvgIpc) is 3.10. The number of carbonyl (C=O) groups is 1. The van der Waals surface area contributed by atoms with Crippen LogP contribution in [-0.4, -0.2) is 10.5 Å². The summed E-state index contributed by atoms with van der Waals surface area (Å²) in [6.45, 7) is 2.08. The van der Waals surface area contributed by atoms with Gasteiger partial charge in [-0.25, -0.2) is 4.39 Å². The maximum absolute atomic E-state index is 14.2. The Balaban J connectivity index is 1.68. The number of fused-ring (bicyclic) bond motifs is 1. The van der Waals surface area contributed by atoms with Gasteiger partial charge in [-0.2, -0.15) is 5.26 Å². The highest BCUT2D eigenvalue weighted by Crippen LogP contribution is 2.27. The van der Waals surface area contributed by atoms with Gasteiger partial charge in [-0.05, 0) is 42.8 Å². The first-order valence-electron chi connectivity index (χ1n) is 9.86. The fraction of sp³-hybridized carbons (Fsp3) is 0.0769. The molecule has 0 spiro atoms. The van der Waals surface area contributed by atoms with E-state index in [0.717, 1.165) is 27.7 Å². The van der Waals surface area contributed by atoms with Gasteiger partial charge in [0.25, 0.3) is 0 Å². The van der Waals surface area contributed by atoms with Gasteiger partial charge in [0.2, 0.25) is 5.91 Å². The molecule has 0 atom stereocenters. The summed E-state index contributed by atoms with van der Waals surface area (Å²) in [5, 5.41) is 13.4. The van der Waals surface area contributed by atoms with Crippen LogP contribution in [0, 0.1) is 24.1 Å². The summed E-state index contributed by atoms with van der Waals surface area (Å²) in [5.74, 6) is -0.604. The number of allylic oxidation sites excluding steroid dienone is 1. The van der Waals surface area contributed by atoms with E-state index in [0.29, 0.717) is 0 Å². The fourth-order valence-corrected chi connectivity index (χ4v) is 3.60. The first kappa shape index (κ1) is 20.1. The van der Waals surface area contributed by atoms with E-state index in [9.17, 15) is 14.4 Å². The fourth-order valence-electron chi connectivity index (χ4n) is 3.60. The molecule has 0 aliphatic carbocycles. The van der Waals surface area contributed by atoms with Gasteiger partial charge in [-0.3, -0.25) is 4.79 Å². The summed E-state index contributed by atoms with van der Waals surface area (Å²) in [5.41, 5.74) is 3.89. The quantitative estimate of drug-likeness (QED) is 0.424. The number of nitriles is 1. The standard InChI is InChI=1S/C26H20FN3O/c1-18-7-6-8-21(13-18)29-26(31)17-30-16-20(23-10-3-5-12-25(23)30)14-19(15-28)22-9-2-4-11-24(22)27/h2-14,16H,17H2,1H3,(H,29,31)/b19-14-. The Morgan fingerprint density at radius 3 is 2.65 bits per heavy atom. The first-order valence-corrected chi connectivity index (χ1v) is 9.86. The molecule has 0 fully saturated rings. The summed E-state index contributed by atoms with van der Waals surface area (Å²) in [4.78, 5) is 12.6. The number of benzene rings is 3. The largest absolute Gasteiger partial charge is 0.337 e. The lowest BCUT2D eigenvalue weighted by Gasteiger charge is -2.08. The van der Waals surface area contributed by atoms with Crippen molar-refractivity contribution in [2.45, 2.75) is 13.5 Å². The molecule has 1 aromatic heterocycles. The molecule has 1 amide bonds. The monoisotopic (exact) mass is 409 g/mol. The second-order valence-electron chi connectivity index (χ2n) is 7.30. The van der Waals surface area contributed by atoms with Crippen molar-refractivity contribution in [3.63, 3.8) is 0 Å². The molecule has 0 aliphatic rings. The van der Waals surface area contributed by atoms with Gasteiger partial charge >= 0.3 is 0 Å². The van der Waals surface area contributed by atoms with Gasteiger partial charge in [0.05, 0.1) is 11.6 Å². The number of nitrogens with zero attached hydrogens (tertiary/aromatic N) is 2. The van der Waals surface area contributed by atoms with Crippen LogP contribution in [0.1, 0.15) is 16.7 Å². The van der Waals surface area contributed by atoms with Crippen molar-refractivity contribution in [3.05, 3.63) is 102 Å². The minimum absolute atomic E-state index is 0.115. The van der Waals surface area contributed by atoms with Crippen LogP contribution in [0.25, 0.3) is 22.6 Å². The maximum Gasteiger partial charge on any atom is 0.244 e. The van der Waals surface area contributed by atoms with Crippen molar-refractivity contribution < 1.29 is 9.18 Å². The predicted octanol–water partition coefficient (Wildman–Crippen LogP) is 5.79. The average molecular weight is 409 g/mol. The minimum Gasteiger partial charge on any atom is -0.337 e. The zero-order valence-corrected chi connectivity index (χ0v) is 17.0. The van der Waals surface area contributed by atoms with Crippen LogP contribution in [0.3, 0.4) is 0 Å². The Hall–Kier alpha value is -4.17. The van der Waals surface area contributed by atoms with Crippen LogP contribution in [0.5, 0.6) is 0 Å². The number of amides is 1. The molecular weight excluding hydrogens is 389 g/mol. The topological polar surface area (TPSA) is 57.8 Å². The Morgan fingerprint density at radius 2 is 1.87 bits per heavy atom. The molecule has 3 aromatic carbocycles. The number of aromatic nitrogens is 1. The smallest absolute Gasteiger partial charge is 0.244 e. The van der Waals surface area contributed by atoms with Crippen LogP contribution in [0.15, 0.2) is 79.0 Å². The molecule has 1 N–H and O–H groups in total. The molecular formula is C26H20FN3O. The summed E-state index contributed by atoms with van der Waals surface area (Å²) >= 11 is 0. The summed E-state index contributed by atoms with van der Waals surface area (Å²) in [7, 11) is 0. The second kappa shape index (κ2) is 8.68. The Bertz CT molecular complexity index is 1340. The van der Waals surface area contributed by atoms with Crippen LogP contribution < -0.4 is 5.32 Å². The molecule has 0 bridgehead atoms. The van der Waals surface area contributed by atoms with Crippen LogP contribution in [0.4, 0.5) is 10.1 Å². The number of hydrogen-bond acceptors (Lipinski definition) is 2. The van der Waals surface area contributed by atoms with Crippen molar-refractivity contribution in [3.8, 4) is 6.07 Å². The molecule has 31 heavy (non-hydrogen) atoms. The van der Waals surface area contributed by atoms with Crippen molar-refractivity contribution in [1.82, 2.24) is 4.57 Å². The van der Waals surface area contributed by atoms with Gasteiger partial charge in [0, 0.05) is 33.9 Å². The normalized spacial score (nSPS) is 11.3. The van der Waals surface area contributed by atoms with E-state index in [2.05, 4.69) is 11.4 Å². The Labute approximate surface area is 179 Å². The third kappa shape index (κ3) is 4.39. The van der Waals surface area contributed by atoms with Crippen molar-refractivity contribution in [2.75, 3.05) is 5.32 Å². The molecule has 0 radical (unpaired) electrons. The third-order valence-electron chi connectivity index (χ3n) is 5.02. The summed E-state index contributed by atoms with van der Waals surface area (Å²) in [6, 6.07) is 23.5. The van der Waals surface area contributed by atoms with Crippen LogP contribution in [-0.2, 0) is 11.3 Å². The number of hydrogen-bond donors (Lipinski definition) is 1. The molecule has 152 valence electrons. The van der Waals surface area contributed by atoms with E-state index in [1.807, 2.05) is 66.2 Å². The lowest BCUT2D eigenvalue weighted by Crippen LogP contribution is -2.18. The number of halogens is 1. The van der Waals surface area contributed by atoms with Gasteiger partial charge in [0.15, 0.2) is 0 Å². The molecule has 4 nitrogen and oxygen atoms in total. The van der Waals surface area contributed by atoms with E-state index >= 15 is 0 Å². The van der Waals surface area contributed by atoms with Crippen molar-refractivity contribution in [1.29, 1.82) is 5.26 Å². The lowest BCUT2D eigenvalue weighted by atomic mass is 10.0. The molecule has 4 aromatic rings. The molecule has 0 unspecified atom stereocenters. The van der Waals surface area contributed by atoms with E-state index in [-0.39, 0.29) is 23.6 Å². The zero-order chi connectivity index (χ0) is 21.8. The number of anilines is 1. The Kier molecular flexibility index (Phi) is 5.63. The van der Waals surface area contributed by atoms with E-state index in [1.165, 1.54) is 6.07 Å². The predicted molar refractivity (Wildman–Crippen MR) is 122 cm³/mol. The zero-order valence-electron chi connectivity index (χ0n) is 17.0. The molecule has 0 saturated carbocycles. The Morgan fingerprint density at radius 1 is 1.10 bits per heavy atom. The molecule has 5 heteroatoms. The minimum atomic E-state index is -0.448. The number of rotatable bonds is 5. The van der Waals surface area contributed by atoms with Crippen LogP contribution >= 0.6 is 0 Å². The molecule has 0 aliphatic heterocycles. The highest BCUT2D eigenvalue weighted by Gasteiger charge is 2.13. The highest BCUT2D eigenvalue weighted by atomic mass is 19.1. The third-order valence-corrected chi connectivity index (χ3v) is 5.02. The summed E-state index contributed by atoms with van der Waals surface area (Å²) in [6.07, 6.45) is 3.48. The van der Waals surface area contributed by atoms with Gasteiger partial charge < -0.3 is 9.88 Å². The van der Waals surface area contributed by atoms with Crippen molar-refractivity contribution >= 4 is 34.1 Å². The number of carbonyl (C=O) groups excluding carboxylic acids is 1. The summed E-state index contributed by atoms with van der Waals surface area (Å²) < 4.78 is 16.0. The number of aryl methyl sites for hydroxylation is 1. The van der Waals surface area contributed by atoms with E-state index in [1.54, 1.807) is 24.3 Å². The van der Waals surface area contributed by atoms with Crippen LogP contribution in [0.2, 0.25) is 0 Å². The van der Waals surface area contributed by atoms with Gasteiger partial charge in [-0.1, -0.05) is 48.5 Å². The van der Waals surface area contributed by atoms with E-state index < -0.39 is 5.82 Å².